The van der Waals surface area contributed by atoms with Crippen molar-refractivity contribution < 1.29 is 24.9 Å². The van der Waals surface area contributed by atoms with Crippen molar-refractivity contribution >= 4 is 5.91 Å². The second-order valence-corrected chi connectivity index (χ2v) is 21.1. The van der Waals surface area contributed by atoms with Crippen molar-refractivity contribution in [1.82, 2.24) is 35.0 Å². The molecule has 395 valence electrons. The molecule has 0 unspecified atom stereocenters. The average Bonchev–Trinajstić information content (AvgIpc) is 4.08. The number of nitrogens with zero attached hydrogens (tertiary/aromatic N) is 6. The van der Waals surface area contributed by atoms with Crippen LogP contribution < -0.4 is 11.3 Å². The van der Waals surface area contributed by atoms with Crippen LogP contribution in [0.2, 0.25) is 0 Å². The Morgan fingerprint density at radius 1 is 0.513 bits per heavy atom. The summed E-state index contributed by atoms with van der Waals surface area (Å²) < 4.78 is 4.54. The molecular weight excluding hydrogens is 1110 g/mol. The van der Waals surface area contributed by atoms with Gasteiger partial charge in [-0.2, -0.15) is 5.10 Å². The summed E-state index contributed by atoms with van der Waals surface area (Å²) in [6, 6.07) is 59.8. The van der Waals surface area contributed by atoms with Gasteiger partial charge < -0.3 is 4.57 Å². The summed E-state index contributed by atoms with van der Waals surface area (Å²) in [7, 11) is 0. The van der Waals surface area contributed by atoms with Crippen molar-refractivity contribution in [3.05, 3.63) is 215 Å². The van der Waals surface area contributed by atoms with Gasteiger partial charge in [-0.25, -0.2) is 5.84 Å². The van der Waals surface area contributed by atoms with Gasteiger partial charge >= 0.3 is 0 Å². The monoisotopic (exact) mass is 1190 g/mol. The fraction of sp³-hybridized carbons (Fsp3) is 0.288. The second kappa shape index (κ2) is 26.6. The predicted octanol–water partition coefficient (Wildman–Crippen LogP) is 15.8. The SMILES string of the molecule is CCCCC(C)(C)c1nnc(-c2[c-]ccc(C)c2)n1-c1ccc(-c2ccccc2)cc1C.CCCCC(C)(C)c1nnc(-c2cccc(C)c2)n1-c1ccc(-c2ccccc2)cc1C.Cc1cccc(C(=O)NN)c1.[Ir]. The zero-order valence-electron chi connectivity index (χ0n) is 46.3. The quantitative estimate of drug-likeness (QED) is 0.0457. The van der Waals surface area contributed by atoms with Crippen LogP contribution >= 0.6 is 0 Å². The van der Waals surface area contributed by atoms with Gasteiger partial charge in [0.2, 0.25) is 0 Å². The van der Waals surface area contributed by atoms with Gasteiger partial charge in [0.1, 0.15) is 11.6 Å². The minimum absolute atomic E-state index is 0. The average molecular weight is 1190 g/mol. The summed E-state index contributed by atoms with van der Waals surface area (Å²) >= 11 is 0. The van der Waals surface area contributed by atoms with Crippen LogP contribution in [0, 0.1) is 40.7 Å². The van der Waals surface area contributed by atoms with Gasteiger partial charge in [-0.05, 0) is 116 Å². The van der Waals surface area contributed by atoms with Gasteiger partial charge in [0.15, 0.2) is 5.82 Å². The summed E-state index contributed by atoms with van der Waals surface area (Å²) in [6.45, 7) is 24.1. The van der Waals surface area contributed by atoms with Crippen LogP contribution in [0.25, 0.3) is 56.4 Å². The molecule has 0 saturated carbocycles. The molecule has 0 saturated heterocycles. The van der Waals surface area contributed by atoms with E-state index in [-0.39, 0.29) is 36.8 Å². The molecule has 10 heteroatoms. The van der Waals surface area contributed by atoms with Crippen LogP contribution in [-0.4, -0.2) is 35.4 Å². The number of amides is 1. The molecule has 7 aromatic carbocycles. The van der Waals surface area contributed by atoms with E-state index in [1.165, 1.54) is 63.8 Å². The Balaban J connectivity index is 0.000000204. The molecule has 1 radical (unpaired) electrons. The van der Waals surface area contributed by atoms with Crippen LogP contribution in [0.15, 0.2) is 164 Å². The Bertz CT molecular complexity index is 3130. The first-order valence-electron chi connectivity index (χ1n) is 26.4. The molecule has 9 rings (SSSR count). The van der Waals surface area contributed by atoms with E-state index < -0.39 is 0 Å². The Kier molecular flexibility index (Phi) is 20.4. The molecule has 3 N–H and O–H groups in total. The predicted molar refractivity (Wildman–Crippen MR) is 310 cm³/mol. The number of hydrazine groups is 1. The maximum Gasteiger partial charge on any atom is 0.265 e. The topological polar surface area (TPSA) is 117 Å². The molecule has 0 spiro atoms. The van der Waals surface area contributed by atoms with Crippen molar-refractivity contribution in [2.24, 2.45) is 5.84 Å². The van der Waals surface area contributed by atoms with E-state index in [4.69, 9.17) is 21.1 Å². The normalized spacial score (nSPS) is 11.2. The van der Waals surface area contributed by atoms with Crippen molar-refractivity contribution in [3.63, 3.8) is 0 Å². The maximum absolute atomic E-state index is 10.9. The summed E-state index contributed by atoms with van der Waals surface area (Å²) in [5, 5.41) is 18.9. The first-order chi connectivity index (χ1) is 36.0. The minimum atomic E-state index is -0.256. The molecule has 76 heavy (non-hydrogen) atoms. The zero-order valence-corrected chi connectivity index (χ0v) is 48.7. The van der Waals surface area contributed by atoms with Gasteiger partial charge in [0, 0.05) is 47.7 Å². The van der Waals surface area contributed by atoms with Gasteiger partial charge in [-0.3, -0.25) is 14.8 Å². The van der Waals surface area contributed by atoms with Crippen LogP contribution in [-0.2, 0) is 30.9 Å². The number of hydrogen-bond acceptors (Lipinski definition) is 6. The molecule has 9 nitrogen and oxygen atoms in total. The van der Waals surface area contributed by atoms with Gasteiger partial charge in [0.05, 0.1) is 11.5 Å². The molecule has 0 aliphatic carbocycles. The Hall–Kier alpha value is -7.10. The fourth-order valence-electron chi connectivity index (χ4n) is 9.52. The number of benzene rings is 7. The number of aromatic nitrogens is 6. The van der Waals surface area contributed by atoms with E-state index in [0.29, 0.717) is 5.56 Å². The Morgan fingerprint density at radius 3 is 1.43 bits per heavy atom. The third-order valence-corrected chi connectivity index (χ3v) is 13.8. The van der Waals surface area contributed by atoms with Gasteiger partial charge in [-0.15, -0.1) is 50.7 Å². The number of unbranched alkanes of at least 4 members (excludes halogenated alkanes) is 2. The van der Waals surface area contributed by atoms with Gasteiger partial charge in [-0.1, -0.05) is 188 Å². The number of hydrogen-bond donors (Lipinski definition) is 2. The summed E-state index contributed by atoms with van der Waals surface area (Å²) in [6.07, 6.45) is 6.83. The molecule has 1 amide bonds. The first kappa shape index (κ1) is 58.2. The smallest absolute Gasteiger partial charge is 0.265 e. The molecule has 2 heterocycles. The third kappa shape index (κ3) is 14.2. The summed E-state index contributed by atoms with van der Waals surface area (Å²) in [4.78, 5) is 10.9. The molecule has 9 aromatic rings. The Morgan fingerprint density at radius 2 is 0.974 bits per heavy atom. The van der Waals surface area contributed by atoms with Crippen LogP contribution in [0.5, 0.6) is 0 Å². The second-order valence-electron chi connectivity index (χ2n) is 21.1. The molecular formula is C66H75IrN8O-. The molecule has 0 fully saturated rings. The van der Waals surface area contributed by atoms with E-state index in [2.05, 4.69) is 228 Å². The number of nitrogen functional groups attached to an aromatic ring is 1. The minimum Gasteiger partial charge on any atom is -0.319 e. The van der Waals surface area contributed by atoms with E-state index in [1.807, 2.05) is 25.1 Å². The van der Waals surface area contributed by atoms with Crippen molar-refractivity contribution in [2.45, 2.75) is 126 Å². The summed E-state index contributed by atoms with van der Waals surface area (Å²) in [5.41, 5.74) is 17.6. The number of carbonyl (C=O) groups excluding carboxylic acids is 1. The van der Waals surface area contributed by atoms with Crippen molar-refractivity contribution in [2.75, 3.05) is 0 Å². The molecule has 0 atom stereocenters. The number of aryl methyl sites for hydroxylation is 5. The molecule has 0 bridgehead atoms. The molecule has 2 aromatic heterocycles. The van der Waals surface area contributed by atoms with Crippen LogP contribution in [0.3, 0.4) is 0 Å². The molecule has 0 aliphatic rings. The van der Waals surface area contributed by atoms with Crippen molar-refractivity contribution in [1.29, 1.82) is 0 Å². The molecule has 0 aliphatic heterocycles. The largest absolute Gasteiger partial charge is 0.319 e. The van der Waals surface area contributed by atoms with E-state index >= 15 is 0 Å². The van der Waals surface area contributed by atoms with Gasteiger partial charge in [0.25, 0.3) is 5.91 Å². The van der Waals surface area contributed by atoms with Crippen LogP contribution in [0.1, 0.15) is 130 Å². The number of nitrogens with two attached hydrogens (primary N) is 1. The van der Waals surface area contributed by atoms with E-state index in [1.54, 1.807) is 12.1 Å². The number of carbonyl (C=O) groups is 1. The third-order valence-electron chi connectivity index (χ3n) is 13.8. The number of nitrogens with one attached hydrogen (secondary N) is 1. The standard InChI is InChI=1S/C29H33N3.C29H32N3.C8H10N2O.Ir/c2*1-6-7-18-29(4,5)28-31-30-27(25-15-11-12-21(2)19-25)32(28)26-17-16-24(20-22(26)3)23-13-9-8-10-14-23;1-6-3-2-4-7(5-6)8(11)10-9;/h8-17,19-20H,6-7,18H2,1-5H3;8-14,16-17,19-20H,6-7,18H2,1-5H3;2-5H,9H2,1H3,(H,10,11);/q;-1;;. The maximum atomic E-state index is 10.9. The zero-order chi connectivity index (χ0) is 53.7. The van der Waals surface area contributed by atoms with E-state index in [0.717, 1.165) is 70.6 Å². The Labute approximate surface area is 465 Å². The number of rotatable bonds is 15. The first-order valence-corrected chi connectivity index (χ1v) is 26.4. The van der Waals surface area contributed by atoms with E-state index in [9.17, 15) is 4.79 Å². The van der Waals surface area contributed by atoms with Crippen molar-refractivity contribution in [3.8, 4) is 56.4 Å². The fourth-order valence-corrected chi connectivity index (χ4v) is 9.52. The van der Waals surface area contributed by atoms with Crippen LogP contribution in [0.4, 0.5) is 0 Å². The summed E-state index contributed by atoms with van der Waals surface area (Å²) in [5.74, 6) is 8.49.